The predicted octanol–water partition coefficient (Wildman–Crippen LogP) is 5.11. The first-order valence-corrected chi connectivity index (χ1v) is 7.28. The second-order valence-corrected chi connectivity index (χ2v) is 6.09. The van der Waals surface area contributed by atoms with Crippen molar-refractivity contribution in [1.82, 2.24) is 0 Å². The lowest BCUT2D eigenvalue weighted by Crippen LogP contribution is -2.06. The third-order valence-corrected chi connectivity index (χ3v) is 4.60. The summed E-state index contributed by atoms with van der Waals surface area (Å²) in [5.74, 6) is 0. The standard InChI is InChI=1S/C16H16BrClO/c1-9-7-10(2)14(11(3)8-9)16(19)12-5-4-6-13(17)15(12)18/h4-8,16,19H,1-3H3. The van der Waals surface area contributed by atoms with E-state index in [1.54, 1.807) is 0 Å². The van der Waals surface area contributed by atoms with Crippen LogP contribution in [0.2, 0.25) is 5.02 Å². The molecule has 2 aromatic rings. The summed E-state index contributed by atoms with van der Waals surface area (Å²) in [5.41, 5.74) is 5.03. The highest BCUT2D eigenvalue weighted by Crippen LogP contribution is 2.35. The summed E-state index contributed by atoms with van der Waals surface area (Å²) in [4.78, 5) is 0. The van der Waals surface area contributed by atoms with Crippen molar-refractivity contribution in [1.29, 1.82) is 0 Å². The van der Waals surface area contributed by atoms with E-state index in [9.17, 15) is 5.11 Å². The van der Waals surface area contributed by atoms with Gasteiger partial charge in [0.2, 0.25) is 0 Å². The van der Waals surface area contributed by atoms with E-state index in [-0.39, 0.29) is 0 Å². The summed E-state index contributed by atoms with van der Waals surface area (Å²) in [6, 6.07) is 9.77. The zero-order valence-electron chi connectivity index (χ0n) is 11.2. The van der Waals surface area contributed by atoms with Crippen molar-refractivity contribution < 1.29 is 5.11 Å². The normalized spacial score (nSPS) is 12.5. The number of aliphatic hydroxyl groups excluding tert-OH is 1. The Kier molecular flexibility index (Phi) is 4.34. The van der Waals surface area contributed by atoms with Crippen LogP contribution in [0.15, 0.2) is 34.8 Å². The number of hydrogen-bond donors (Lipinski definition) is 1. The highest BCUT2D eigenvalue weighted by Gasteiger charge is 2.19. The molecule has 0 heterocycles. The van der Waals surface area contributed by atoms with Crippen molar-refractivity contribution in [3.05, 3.63) is 67.6 Å². The quantitative estimate of drug-likeness (QED) is 0.806. The van der Waals surface area contributed by atoms with Crippen LogP contribution in [0.4, 0.5) is 0 Å². The maximum absolute atomic E-state index is 10.6. The molecule has 100 valence electrons. The molecule has 0 saturated carbocycles. The van der Waals surface area contributed by atoms with Crippen LogP contribution in [0, 0.1) is 20.8 Å². The summed E-state index contributed by atoms with van der Waals surface area (Å²) < 4.78 is 0.799. The summed E-state index contributed by atoms with van der Waals surface area (Å²) >= 11 is 9.66. The lowest BCUT2D eigenvalue weighted by molar-refractivity contribution is 0.219. The first kappa shape index (κ1) is 14.6. The number of aryl methyl sites for hydroxylation is 3. The molecule has 3 heteroatoms. The molecule has 1 unspecified atom stereocenters. The van der Waals surface area contributed by atoms with Gasteiger partial charge in [-0.15, -0.1) is 0 Å². The van der Waals surface area contributed by atoms with Gasteiger partial charge in [-0.25, -0.2) is 0 Å². The highest BCUT2D eigenvalue weighted by molar-refractivity contribution is 9.10. The van der Waals surface area contributed by atoms with Crippen LogP contribution in [-0.4, -0.2) is 5.11 Å². The van der Waals surface area contributed by atoms with E-state index in [4.69, 9.17) is 11.6 Å². The third kappa shape index (κ3) is 2.86. The van der Waals surface area contributed by atoms with Crippen molar-refractivity contribution >= 4 is 27.5 Å². The van der Waals surface area contributed by atoms with Gasteiger partial charge in [-0.05, 0) is 59.5 Å². The fourth-order valence-corrected chi connectivity index (χ4v) is 3.12. The fourth-order valence-electron chi connectivity index (χ4n) is 2.51. The largest absolute Gasteiger partial charge is 0.384 e. The number of rotatable bonds is 2. The summed E-state index contributed by atoms with van der Waals surface area (Å²) in [7, 11) is 0. The van der Waals surface area contributed by atoms with Gasteiger partial charge in [0, 0.05) is 10.0 Å². The molecule has 1 atom stereocenters. The lowest BCUT2D eigenvalue weighted by atomic mass is 9.92. The van der Waals surface area contributed by atoms with E-state index < -0.39 is 6.10 Å². The summed E-state index contributed by atoms with van der Waals surface area (Å²) in [6.07, 6.45) is -0.703. The average molecular weight is 340 g/mol. The molecule has 0 bridgehead atoms. The first-order valence-electron chi connectivity index (χ1n) is 6.11. The van der Waals surface area contributed by atoms with Gasteiger partial charge in [0.25, 0.3) is 0 Å². The van der Waals surface area contributed by atoms with E-state index in [2.05, 4.69) is 35.0 Å². The van der Waals surface area contributed by atoms with E-state index in [0.29, 0.717) is 5.02 Å². The van der Waals surface area contributed by atoms with Crippen LogP contribution in [0.25, 0.3) is 0 Å². The van der Waals surface area contributed by atoms with Gasteiger partial charge in [-0.1, -0.05) is 41.4 Å². The molecule has 19 heavy (non-hydrogen) atoms. The smallest absolute Gasteiger partial charge is 0.106 e. The summed E-state index contributed by atoms with van der Waals surface area (Å²) in [5, 5.41) is 11.2. The number of hydrogen-bond acceptors (Lipinski definition) is 1. The molecule has 0 aliphatic rings. The Labute approximate surface area is 127 Å². The van der Waals surface area contributed by atoms with Crippen LogP contribution in [-0.2, 0) is 0 Å². The first-order chi connectivity index (χ1) is 8.91. The lowest BCUT2D eigenvalue weighted by Gasteiger charge is -2.19. The minimum atomic E-state index is -0.703. The van der Waals surface area contributed by atoms with Gasteiger partial charge < -0.3 is 5.11 Å². The SMILES string of the molecule is Cc1cc(C)c(C(O)c2cccc(Br)c2Cl)c(C)c1. The van der Waals surface area contributed by atoms with E-state index >= 15 is 0 Å². The minimum Gasteiger partial charge on any atom is -0.384 e. The maximum Gasteiger partial charge on any atom is 0.106 e. The maximum atomic E-state index is 10.6. The van der Waals surface area contributed by atoms with Gasteiger partial charge in [-0.2, -0.15) is 0 Å². The number of aliphatic hydroxyl groups is 1. The van der Waals surface area contributed by atoms with Crippen LogP contribution in [0.5, 0.6) is 0 Å². The van der Waals surface area contributed by atoms with Crippen LogP contribution >= 0.6 is 27.5 Å². The molecule has 0 saturated heterocycles. The molecule has 0 fully saturated rings. The van der Waals surface area contributed by atoms with Crippen LogP contribution in [0.3, 0.4) is 0 Å². The molecule has 0 spiro atoms. The molecule has 0 amide bonds. The Bertz CT molecular complexity index is 599. The predicted molar refractivity (Wildman–Crippen MR) is 83.9 cm³/mol. The van der Waals surface area contributed by atoms with Crippen LogP contribution < -0.4 is 0 Å². The fraction of sp³-hybridized carbons (Fsp3) is 0.250. The molecular formula is C16H16BrClO. The summed E-state index contributed by atoms with van der Waals surface area (Å²) in [6.45, 7) is 6.09. The molecule has 0 radical (unpaired) electrons. The van der Waals surface area contributed by atoms with Crippen molar-refractivity contribution in [2.45, 2.75) is 26.9 Å². The van der Waals surface area contributed by atoms with Crippen molar-refractivity contribution in [2.75, 3.05) is 0 Å². The van der Waals surface area contributed by atoms with Crippen LogP contribution in [0.1, 0.15) is 33.9 Å². The molecule has 0 aromatic heterocycles. The van der Waals surface area contributed by atoms with Gasteiger partial charge in [0.1, 0.15) is 6.10 Å². The molecule has 2 rings (SSSR count). The molecular weight excluding hydrogens is 324 g/mol. The second kappa shape index (κ2) is 5.66. The van der Waals surface area contributed by atoms with Gasteiger partial charge in [0.15, 0.2) is 0 Å². The Balaban J connectivity index is 2.56. The van der Waals surface area contributed by atoms with E-state index in [0.717, 1.165) is 26.7 Å². The topological polar surface area (TPSA) is 20.2 Å². The number of halogens is 2. The van der Waals surface area contributed by atoms with Crippen molar-refractivity contribution in [3.8, 4) is 0 Å². The van der Waals surface area contributed by atoms with Gasteiger partial charge in [0.05, 0.1) is 5.02 Å². The number of benzene rings is 2. The zero-order chi connectivity index (χ0) is 14.2. The van der Waals surface area contributed by atoms with Crippen molar-refractivity contribution in [3.63, 3.8) is 0 Å². The average Bonchev–Trinajstić information content (AvgIpc) is 2.31. The Morgan fingerprint density at radius 1 is 1.11 bits per heavy atom. The molecule has 1 N–H and O–H groups in total. The van der Waals surface area contributed by atoms with Crippen molar-refractivity contribution in [2.24, 2.45) is 0 Å². The van der Waals surface area contributed by atoms with E-state index in [1.807, 2.05) is 32.0 Å². The third-order valence-electron chi connectivity index (χ3n) is 3.29. The zero-order valence-corrected chi connectivity index (χ0v) is 13.5. The highest BCUT2D eigenvalue weighted by atomic mass is 79.9. The van der Waals surface area contributed by atoms with Gasteiger partial charge >= 0.3 is 0 Å². The van der Waals surface area contributed by atoms with Gasteiger partial charge in [-0.3, -0.25) is 0 Å². The Morgan fingerprint density at radius 3 is 2.26 bits per heavy atom. The minimum absolute atomic E-state index is 0.564. The molecule has 2 aromatic carbocycles. The monoisotopic (exact) mass is 338 g/mol. The van der Waals surface area contributed by atoms with E-state index in [1.165, 1.54) is 5.56 Å². The molecule has 1 nitrogen and oxygen atoms in total. The Morgan fingerprint density at radius 2 is 1.68 bits per heavy atom. The second-order valence-electron chi connectivity index (χ2n) is 4.86. The Hall–Kier alpha value is -0.830. The molecule has 0 aliphatic carbocycles. The molecule has 0 aliphatic heterocycles.